The molecule has 2 nitrogen and oxygen atoms in total. The van der Waals surface area contributed by atoms with E-state index in [9.17, 15) is 4.21 Å². The quantitative estimate of drug-likeness (QED) is 0.787. The van der Waals surface area contributed by atoms with Crippen molar-refractivity contribution in [1.82, 2.24) is 5.32 Å². The molecule has 2 atom stereocenters. The van der Waals surface area contributed by atoms with E-state index in [-0.39, 0.29) is 4.75 Å². The van der Waals surface area contributed by atoms with Gasteiger partial charge in [-0.2, -0.15) is 0 Å². The third-order valence-electron chi connectivity index (χ3n) is 3.51. The van der Waals surface area contributed by atoms with Crippen molar-refractivity contribution in [1.29, 1.82) is 0 Å². The summed E-state index contributed by atoms with van der Waals surface area (Å²) in [4.78, 5) is 0. The monoisotopic (exact) mass is 231 g/mol. The molecule has 1 saturated carbocycles. The summed E-state index contributed by atoms with van der Waals surface area (Å²) in [5, 5.41) is 3.50. The van der Waals surface area contributed by atoms with E-state index in [1.807, 2.05) is 20.8 Å². The minimum atomic E-state index is -0.723. The lowest BCUT2D eigenvalue weighted by atomic mass is 10.0. The molecule has 1 aliphatic carbocycles. The fourth-order valence-electron chi connectivity index (χ4n) is 1.55. The number of hydrogen-bond donors (Lipinski definition) is 1. The summed E-state index contributed by atoms with van der Waals surface area (Å²) in [6.07, 6.45) is 2.67. The SMILES string of the molecule is CC(NCCS(=O)C(C)(C)C)C1(C)CC1. The Morgan fingerprint density at radius 1 is 1.40 bits per heavy atom. The van der Waals surface area contributed by atoms with Gasteiger partial charge in [-0.15, -0.1) is 0 Å². The number of hydrogen-bond acceptors (Lipinski definition) is 2. The molecule has 0 radical (unpaired) electrons. The highest BCUT2D eigenvalue weighted by Crippen LogP contribution is 2.47. The van der Waals surface area contributed by atoms with E-state index in [1.165, 1.54) is 12.8 Å². The van der Waals surface area contributed by atoms with E-state index in [0.717, 1.165) is 12.3 Å². The van der Waals surface area contributed by atoms with Gasteiger partial charge in [-0.05, 0) is 46.0 Å². The Kier molecular flexibility index (Phi) is 3.99. The summed E-state index contributed by atoms with van der Waals surface area (Å²) >= 11 is 0. The normalized spacial score (nSPS) is 23.5. The molecule has 0 aromatic rings. The Morgan fingerprint density at radius 3 is 2.33 bits per heavy atom. The van der Waals surface area contributed by atoms with Gasteiger partial charge in [0, 0.05) is 33.9 Å². The highest BCUT2D eigenvalue weighted by molar-refractivity contribution is 7.86. The van der Waals surface area contributed by atoms with Crippen LogP contribution in [0, 0.1) is 5.41 Å². The standard InChI is InChI=1S/C12H25NOS/c1-10(12(5)6-7-12)13-8-9-15(14)11(2,3)4/h10,13H,6-9H2,1-5H3. The first-order valence-electron chi connectivity index (χ1n) is 5.87. The predicted octanol–water partition coefficient (Wildman–Crippen LogP) is 2.31. The van der Waals surface area contributed by atoms with Crippen LogP contribution in [-0.2, 0) is 10.8 Å². The Hall–Kier alpha value is 0.110. The summed E-state index contributed by atoms with van der Waals surface area (Å²) in [5.74, 6) is 0.768. The van der Waals surface area contributed by atoms with Crippen LogP contribution in [0.25, 0.3) is 0 Å². The van der Waals surface area contributed by atoms with Crippen LogP contribution in [0.2, 0.25) is 0 Å². The van der Waals surface area contributed by atoms with Crippen molar-refractivity contribution >= 4 is 10.8 Å². The highest BCUT2D eigenvalue weighted by atomic mass is 32.2. The van der Waals surface area contributed by atoms with Gasteiger partial charge in [-0.25, -0.2) is 0 Å². The van der Waals surface area contributed by atoms with Gasteiger partial charge in [0.2, 0.25) is 0 Å². The maximum Gasteiger partial charge on any atom is 0.0375 e. The van der Waals surface area contributed by atoms with Crippen molar-refractivity contribution in [2.24, 2.45) is 5.41 Å². The first-order valence-corrected chi connectivity index (χ1v) is 7.19. The zero-order valence-electron chi connectivity index (χ0n) is 10.7. The number of nitrogens with one attached hydrogen (secondary N) is 1. The van der Waals surface area contributed by atoms with Crippen LogP contribution in [0.5, 0.6) is 0 Å². The van der Waals surface area contributed by atoms with Crippen LogP contribution in [-0.4, -0.2) is 27.3 Å². The molecule has 15 heavy (non-hydrogen) atoms. The highest BCUT2D eigenvalue weighted by Gasteiger charge is 2.42. The molecule has 0 spiro atoms. The third-order valence-corrected chi connectivity index (χ3v) is 5.45. The molecule has 0 aliphatic heterocycles. The lowest BCUT2D eigenvalue weighted by Gasteiger charge is -2.22. The van der Waals surface area contributed by atoms with Crippen molar-refractivity contribution < 1.29 is 4.21 Å². The van der Waals surface area contributed by atoms with Crippen LogP contribution in [0.15, 0.2) is 0 Å². The smallest absolute Gasteiger partial charge is 0.0375 e. The zero-order valence-corrected chi connectivity index (χ0v) is 11.5. The van der Waals surface area contributed by atoms with Gasteiger partial charge in [0.25, 0.3) is 0 Å². The van der Waals surface area contributed by atoms with Crippen LogP contribution < -0.4 is 5.32 Å². The van der Waals surface area contributed by atoms with E-state index < -0.39 is 10.8 Å². The maximum absolute atomic E-state index is 11.8. The van der Waals surface area contributed by atoms with Gasteiger partial charge in [-0.3, -0.25) is 4.21 Å². The van der Waals surface area contributed by atoms with Crippen molar-refractivity contribution in [3.8, 4) is 0 Å². The average Bonchev–Trinajstić information content (AvgIpc) is 2.83. The minimum Gasteiger partial charge on any atom is -0.313 e. The topological polar surface area (TPSA) is 29.1 Å². The largest absolute Gasteiger partial charge is 0.313 e. The fraction of sp³-hybridized carbons (Fsp3) is 1.00. The van der Waals surface area contributed by atoms with E-state index in [1.54, 1.807) is 0 Å². The first kappa shape index (κ1) is 13.2. The zero-order chi connectivity index (χ0) is 11.7. The maximum atomic E-state index is 11.8. The Morgan fingerprint density at radius 2 is 1.93 bits per heavy atom. The van der Waals surface area contributed by atoms with Crippen molar-refractivity contribution in [2.45, 2.75) is 58.2 Å². The predicted molar refractivity (Wildman–Crippen MR) is 67.6 cm³/mol. The molecule has 0 bridgehead atoms. The lowest BCUT2D eigenvalue weighted by molar-refractivity contribution is 0.389. The second kappa shape index (κ2) is 4.54. The average molecular weight is 231 g/mol. The van der Waals surface area contributed by atoms with Crippen LogP contribution >= 0.6 is 0 Å². The molecule has 1 fully saturated rings. The van der Waals surface area contributed by atoms with Gasteiger partial charge in [0.05, 0.1) is 0 Å². The molecule has 2 unspecified atom stereocenters. The molecule has 3 heteroatoms. The molecule has 90 valence electrons. The summed E-state index contributed by atoms with van der Waals surface area (Å²) in [6, 6.07) is 0.564. The van der Waals surface area contributed by atoms with Gasteiger partial charge in [-0.1, -0.05) is 6.92 Å². The van der Waals surface area contributed by atoms with Crippen molar-refractivity contribution in [3.63, 3.8) is 0 Å². The minimum absolute atomic E-state index is 0.0750. The Labute approximate surface area is 96.7 Å². The van der Waals surface area contributed by atoms with Gasteiger partial charge in [0.15, 0.2) is 0 Å². The lowest BCUT2D eigenvalue weighted by Crippen LogP contribution is -2.37. The van der Waals surface area contributed by atoms with Crippen LogP contribution in [0.3, 0.4) is 0 Å². The molecule has 1 aliphatic rings. The fourth-order valence-corrected chi connectivity index (χ4v) is 2.47. The molecule has 0 amide bonds. The molecule has 0 aromatic carbocycles. The second-order valence-corrected chi connectivity index (χ2v) is 8.32. The Balaban J connectivity index is 2.19. The van der Waals surface area contributed by atoms with Crippen molar-refractivity contribution in [2.75, 3.05) is 12.3 Å². The molecular formula is C12H25NOS. The van der Waals surface area contributed by atoms with Crippen LogP contribution in [0.4, 0.5) is 0 Å². The molecule has 0 aromatic heterocycles. The van der Waals surface area contributed by atoms with E-state index in [0.29, 0.717) is 11.5 Å². The molecule has 1 N–H and O–H groups in total. The second-order valence-electron chi connectivity index (χ2n) is 5.99. The molecule has 1 rings (SSSR count). The third kappa shape index (κ3) is 3.87. The Bertz CT molecular complexity index is 240. The molecular weight excluding hydrogens is 206 g/mol. The number of rotatable bonds is 5. The van der Waals surface area contributed by atoms with Crippen LogP contribution in [0.1, 0.15) is 47.5 Å². The molecule has 0 heterocycles. The molecule has 0 saturated heterocycles. The summed E-state index contributed by atoms with van der Waals surface area (Å²) in [7, 11) is -0.723. The summed E-state index contributed by atoms with van der Waals surface area (Å²) in [5.41, 5.74) is 0.517. The van der Waals surface area contributed by atoms with E-state index in [2.05, 4.69) is 19.2 Å². The first-order chi connectivity index (χ1) is 6.76. The van der Waals surface area contributed by atoms with Gasteiger partial charge >= 0.3 is 0 Å². The van der Waals surface area contributed by atoms with Gasteiger partial charge in [0.1, 0.15) is 0 Å². The van der Waals surface area contributed by atoms with E-state index >= 15 is 0 Å². The summed E-state index contributed by atoms with van der Waals surface area (Å²) < 4.78 is 11.7. The van der Waals surface area contributed by atoms with Crippen molar-refractivity contribution in [3.05, 3.63) is 0 Å². The summed E-state index contributed by atoms with van der Waals surface area (Å²) in [6.45, 7) is 11.6. The van der Waals surface area contributed by atoms with E-state index in [4.69, 9.17) is 0 Å². The van der Waals surface area contributed by atoms with Gasteiger partial charge < -0.3 is 5.32 Å².